The minimum Gasteiger partial charge on any atom is -0.309 e. The number of carbonyl (C=O) groups is 1. The van der Waals surface area contributed by atoms with Crippen molar-refractivity contribution in [2.24, 2.45) is 0 Å². The average molecular weight is 339 g/mol. The average Bonchev–Trinajstić information content (AvgIpc) is 3.16. The predicted octanol–water partition coefficient (Wildman–Crippen LogP) is 0.207. The predicted molar refractivity (Wildman–Crippen MR) is 84.2 cm³/mol. The van der Waals surface area contributed by atoms with Gasteiger partial charge in [0.2, 0.25) is 5.91 Å². The van der Waals surface area contributed by atoms with E-state index in [0.29, 0.717) is 32.6 Å². The molecule has 0 unspecified atom stereocenters. The van der Waals surface area contributed by atoms with Crippen LogP contribution in [0.15, 0.2) is 12.4 Å². The van der Waals surface area contributed by atoms with Crippen LogP contribution in [-0.4, -0.2) is 65.4 Å². The molecule has 0 aromatic carbocycles. The van der Waals surface area contributed by atoms with Crippen LogP contribution in [0.25, 0.3) is 0 Å². The van der Waals surface area contributed by atoms with Crippen LogP contribution in [0.1, 0.15) is 31.7 Å². The molecule has 0 N–H and O–H groups in total. The lowest BCUT2D eigenvalue weighted by molar-refractivity contribution is -0.117. The largest absolute Gasteiger partial charge is 0.309 e. The lowest BCUT2D eigenvalue weighted by atomic mass is 10.2. The Balaban J connectivity index is 1.40. The molecule has 9 heteroatoms. The third-order valence-electron chi connectivity index (χ3n) is 4.89. The standard InChI is InChI=1S/C14H21N5O3S/c20-14-4-3-7-18(14)12-8-15-19(11-12)13-9-17(10-13)23(21,22)16-5-1-2-6-16/h8,11,13H,1-7,9-10H2. The molecule has 0 radical (unpaired) electrons. The molecule has 0 aliphatic carbocycles. The highest BCUT2D eigenvalue weighted by Gasteiger charge is 2.41. The molecule has 3 saturated heterocycles. The Morgan fingerprint density at radius 1 is 1.04 bits per heavy atom. The number of aromatic nitrogens is 2. The van der Waals surface area contributed by atoms with E-state index in [0.717, 1.165) is 31.5 Å². The van der Waals surface area contributed by atoms with E-state index >= 15 is 0 Å². The Hall–Kier alpha value is -1.45. The summed E-state index contributed by atoms with van der Waals surface area (Å²) in [4.78, 5) is 13.5. The summed E-state index contributed by atoms with van der Waals surface area (Å²) in [6.07, 6.45) is 6.92. The van der Waals surface area contributed by atoms with E-state index in [2.05, 4.69) is 5.10 Å². The van der Waals surface area contributed by atoms with Crippen LogP contribution < -0.4 is 4.90 Å². The van der Waals surface area contributed by atoms with Crippen LogP contribution in [0.2, 0.25) is 0 Å². The van der Waals surface area contributed by atoms with Gasteiger partial charge in [-0.25, -0.2) is 0 Å². The molecule has 23 heavy (non-hydrogen) atoms. The van der Waals surface area contributed by atoms with Gasteiger partial charge in [-0.2, -0.15) is 22.1 Å². The minimum atomic E-state index is -3.30. The van der Waals surface area contributed by atoms with E-state index in [-0.39, 0.29) is 11.9 Å². The summed E-state index contributed by atoms with van der Waals surface area (Å²) >= 11 is 0. The first-order valence-electron chi connectivity index (χ1n) is 8.15. The van der Waals surface area contributed by atoms with E-state index in [1.165, 1.54) is 4.31 Å². The Bertz CT molecular complexity index is 704. The number of anilines is 1. The van der Waals surface area contributed by atoms with Crippen molar-refractivity contribution >= 4 is 21.8 Å². The summed E-state index contributed by atoms with van der Waals surface area (Å²) in [7, 11) is -3.30. The molecular weight excluding hydrogens is 318 g/mol. The smallest absolute Gasteiger partial charge is 0.282 e. The molecule has 3 aliphatic rings. The Morgan fingerprint density at radius 3 is 2.43 bits per heavy atom. The van der Waals surface area contributed by atoms with Crippen molar-refractivity contribution in [1.82, 2.24) is 18.4 Å². The van der Waals surface area contributed by atoms with E-state index in [9.17, 15) is 13.2 Å². The fourth-order valence-electron chi connectivity index (χ4n) is 3.44. The second kappa shape index (κ2) is 5.57. The van der Waals surface area contributed by atoms with Crippen molar-refractivity contribution in [2.45, 2.75) is 31.7 Å². The Labute approximate surface area is 135 Å². The maximum Gasteiger partial charge on any atom is 0.282 e. The molecule has 0 spiro atoms. The summed E-state index contributed by atoms with van der Waals surface area (Å²) in [5.74, 6) is 0.136. The molecule has 126 valence electrons. The molecule has 3 fully saturated rings. The zero-order valence-corrected chi connectivity index (χ0v) is 13.8. The Kier molecular flexibility index (Phi) is 3.66. The Morgan fingerprint density at radius 2 is 1.78 bits per heavy atom. The van der Waals surface area contributed by atoms with Gasteiger partial charge in [-0.15, -0.1) is 0 Å². The van der Waals surface area contributed by atoms with Crippen LogP contribution >= 0.6 is 0 Å². The molecule has 1 amide bonds. The van der Waals surface area contributed by atoms with Gasteiger partial charge in [-0.1, -0.05) is 0 Å². The van der Waals surface area contributed by atoms with Gasteiger partial charge < -0.3 is 4.90 Å². The number of hydrogen-bond donors (Lipinski definition) is 0. The van der Waals surface area contributed by atoms with Crippen molar-refractivity contribution in [2.75, 3.05) is 37.6 Å². The van der Waals surface area contributed by atoms with Crippen molar-refractivity contribution in [3.05, 3.63) is 12.4 Å². The second-order valence-corrected chi connectivity index (χ2v) is 8.34. The fourth-order valence-corrected chi connectivity index (χ4v) is 5.21. The molecule has 4 heterocycles. The quantitative estimate of drug-likeness (QED) is 0.785. The summed E-state index contributed by atoms with van der Waals surface area (Å²) in [6, 6.07) is 0.0545. The number of rotatable bonds is 4. The molecule has 8 nitrogen and oxygen atoms in total. The van der Waals surface area contributed by atoms with Crippen molar-refractivity contribution in [3.63, 3.8) is 0 Å². The van der Waals surface area contributed by atoms with E-state index in [1.54, 1.807) is 20.1 Å². The molecule has 0 atom stereocenters. The van der Waals surface area contributed by atoms with Crippen LogP contribution in [-0.2, 0) is 15.0 Å². The summed E-state index contributed by atoms with van der Waals surface area (Å²) in [5.41, 5.74) is 0.813. The van der Waals surface area contributed by atoms with Crippen LogP contribution in [0.5, 0.6) is 0 Å². The monoisotopic (exact) mass is 339 g/mol. The van der Waals surface area contributed by atoms with Gasteiger partial charge in [0.25, 0.3) is 10.2 Å². The van der Waals surface area contributed by atoms with Crippen LogP contribution in [0, 0.1) is 0 Å². The van der Waals surface area contributed by atoms with Gasteiger partial charge in [0, 0.05) is 45.3 Å². The second-order valence-electron chi connectivity index (χ2n) is 6.41. The van der Waals surface area contributed by atoms with Gasteiger partial charge in [0.1, 0.15) is 0 Å². The zero-order chi connectivity index (χ0) is 16.0. The number of carbonyl (C=O) groups excluding carboxylic acids is 1. The fraction of sp³-hybridized carbons (Fsp3) is 0.714. The van der Waals surface area contributed by atoms with Crippen molar-refractivity contribution in [1.29, 1.82) is 0 Å². The van der Waals surface area contributed by atoms with E-state index < -0.39 is 10.2 Å². The molecular formula is C14H21N5O3S. The molecule has 0 saturated carbocycles. The van der Waals surface area contributed by atoms with Gasteiger partial charge in [-0.05, 0) is 19.3 Å². The summed E-state index contributed by atoms with van der Waals surface area (Å²) in [6.45, 7) is 2.91. The number of nitrogens with zero attached hydrogens (tertiary/aromatic N) is 5. The molecule has 1 aromatic heterocycles. The maximum absolute atomic E-state index is 12.4. The maximum atomic E-state index is 12.4. The number of amides is 1. The summed E-state index contributed by atoms with van der Waals surface area (Å²) in [5, 5.41) is 4.32. The highest BCUT2D eigenvalue weighted by atomic mass is 32.2. The summed E-state index contributed by atoms with van der Waals surface area (Å²) < 4.78 is 29.7. The van der Waals surface area contributed by atoms with Crippen molar-refractivity contribution in [3.8, 4) is 0 Å². The first kappa shape index (κ1) is 15.1. The van der Waals surface area contributed by atoms with Gasteiger partial charge >= 0.3 is 0 Å². The lowest BCUT2D eigenvalue weighted by Crippen LogP contribution is -2.55. The van der Waals surface area contributed by atoms with Gasteiger partial charge in [0.05, 0.1) is 17.9 Å². The first-order chi connectivity index (χ1) is 11.1. The van der Waals surface area contributed by atoms with Crippen molar-refractivity contribution < 1.29 is 13.2 Å². The van der Waals surface area contributed by atoms with Crippen LogP contribution in [0.4, 0.5) is 5.69 Å². The zero-order valence-electron chi connectivity index (χ0n) is 13.0. The molecule has 0 bridgehead atoms. The van der Waals surface area contributed by atoms with Crippen LogP contribution in [0.3, 0.4) is 0 Å². The van der Waals surface area contributed by atoms with Gasteiger partial charge in [-0.3, -0.25) is 9.48 Å². The normalized spacial score (nSPS) is 24.5. The lowest BCUT2D eigenvalue weighted by Gasteiger charge is -2.39. The van der Waals surface area contributed by atoms with E-state index in [1.807, 2.05) is 6.20 Å². The highest BCUT2D eigenvalue weighted by molar-refractivity contribution is 7.86. The SMILES string of the molecule is O=C1CCCN1c1cnn(C2CN(S(=O)(=O)N3CCCC3)C2)c1. The first-order valence-corrected chi connectivity index (χ1v) is 9.55. The minimum absolute atomic E-state index is 0.0545. The number of hydrogen-bond acceptors (Lipinski definition) is 4. The topological polar surface area (TPSA) is 78.8 Å². The highest BCUT2D eigenvalue weighted by Crippen LogP contribution is 2.29. The third-order valence-corrected chi connectivity index (χ3v) is 6.86. The molecule has 1 aromatic rings. The molecule has 4 rings (SSSR count). The molecule has 3 aliphatic heterocycles. The third kappa shape index (κ3) is 2.56. The van der Waals surface area contributed by atoms with E-state index in [4.69, 9.17) is 0 Å². The van der Waals surface area contributed by atoms with Gasteiger partial charge in [0.15, 0.2) is 0 Å².